The van der Waals surface area contributed by atoms with E-state index in [1.165, 1.54) is 32.0 Å². The average molecular weight is 252 g/mol. The number of aryl methyl sites for hydroxylation is 1. The molecule has 0 radical (unpaired) electrons. The first-order chi connectivity index (χ1) is 8.77. The minimum atomic E-state index is -0.339. The molecule has 0 aromatic carbocycles. The number of likely N-dealkylation sites (tertiary alicyclic amines) is 1. The van der Waals surface area contributed by atoms with E-state index in [0.29, 0.717) is 11.5 Å². The van der Waals surface area contributed by atoms with Crippen LogP contribution in [0, 0.1) is 12.7 Å². The molecule has 0 atom stereocenters. The molecule has 1 fully saturated rings. The number of nitrogens with one attached hydrogen (secondary N) is 1. The summed E-state index contributed by atoms with van der Waals surface area (Å²) >= 11 is 0. The Labute approximate surface area is 108 Å². The van der Waals surface area contributed by atoms with E-state index in [1.807, 2.05) is 0 Å². The van der Waals surface area contributed by atoms with Crippen LogP contribution in [0.15, 0.2) is 6.33 Å². The van der Waals surface area contributed by atoms with E-state index in [4.69, 9.17) is 0 Å². The Bertz CT molecular complexity index is 375. The van der Waals surface area contributed by atoms with Gasteiger partial charge in [0.05, 0.1) is 5.69 Å². The number of anilines is 1. The number of halogens is 1. The second kappa shape index (κ2) is 6.64. The average Bonchev–Trinajstić information content (AvgIpc) is 2.63. The summed E-state index contributed by atoms with van der Waals surface area (Å²) in [6, 6.07) is 0. The summed E-state index contributed by atoms with van der Waals surface area (Å²) in [5.74, 6) is -0.0225. The van der Waals surface area contributed by atoms with Crippen molar-refractivity contribution in [3.05, 3.63) is 17.8 Å². The largest absolute Gasteiger partial charge is 0.366 e. The van der Waals surface area contributed by atoms with Gasteiger partial charge in [-0.3, -0.25) is 0 Å². The minimum absolute atomic E-state index is 0.317. The molecule has 1 aromatic heterocycles. The molecule has 0 spiro atoms. The van der Waals surface area contributed by atoms with Crippen molar-refractivity contribution >= 4 is 5.82 Å². The quantitative estimate of drug-likeness (QED) is 0.892. The van der Waals surface area contributed by atoms with Crippen LogP contribution in [0.1, 0.15) is 31.4 Å². The van der Waals surface area contributed by atoms with Crippen LogP contribution >= 0.6 is 0 Å². The molecule has 18 heavy (non-hydrogen) atoms. The zero-order valence-corrected chi connectivity index (χ0v) is 11.0. The van der Waals surface area contributed by atoms with Gasteiger partial charge in [0.15, 0.2) is 11.6 Å². The van der Waals surface area contributed by atoms with Crippen molar-refractivity contribution in [3.63, 3.8) is 0 Å². The molecule has 0 amide bonds. The van der Waals surface area contributed by atoms with Gasteiger partial charge in [0.1, 0.15) is 6.33 Å². The predicted octanol–water partition coefficient (Wildman–Crippen LogP) is 2.21. The van der Waals surface area contributed by atoms with Crippen LogP contribution in [0.4, 0.5) is 10.2 Å². The summed E-state index contributed by atoms with van der Waals surface area (Å²) in [7, 11) is 0. The van der Waals surface area contributed by atoms with Gasteiger partial charge in [-0.1, -0.05) is 12.8 Å². The molecule has 0 saturated carbocycles. The van der Waals surface area contributed by atoms with Gasteiger partial charge in [-0.15, -0.1) is 0 Å². The lowest BCUT2D eigenvalue weighted by Crippen LogP contribution is -2.30. The van der Waals surface area contributed by atoms with Crippen LogP contribution < -0.4 is 5.32 Å². The van der Waals surface area contributed by atoms with Crippen molar-refractivity contribution in [1.29, 1.82) is 0 Å². The molecule has 0 aliphatic carbocycles. The maximum absolute atomic E-state index is 13.6. The molecule has 2 heterocycles. The Morgan fingerprint density at radius 1 is 1.22 bits per heavy atom. The van der Waals surface area contributed by atoms with E-state index in [9.17, 15) is 4.39 Å². The number of nitrogens with zero attached hydrogens (tertiary/aromatic N) is 3. The van der Waals surface area contributed by atoms with Gasteiger partial charge in [-0.25, -0.2) is 14.4 Å². The fourth-order valence-corrected chi connectivity index (χ4v) is 2.27. The minimum Gasteiger partial charge on any atom is -0.366 e. The van der Waals surface area contributed by atoms with Crippen LogP contribution in [0.3, 0.4) is 0 Å². The Hall–Kier alpha value is -1.23. The number of rotatable bonds is 4. The summed E-state index contributed by atoms with van der Waals surface area (Å²) in [5, 5.41) is 3.05. The van der Waals surface area contributed by atoms with Crippen LogP contribution in [0.2, 0.25) is 0 Å². The van der Waals surface area contributed by atoms with Gasteiger partial charge in [0.25, 0.3) is 0 Å². The van der Waals surface area contributed by atoms with Gasteiger partial charge >= 0.3 is 0 Å². The van der Waals surface area contributed by atoms with Crippen molar-refractivity contribution in [2.24, 2.45) is 0 Å². The van der Waals surface area contributed by atoms with E-state index in [-0.39, 0.29) is 5.82 Å². The van der Waals surface area contributed by atoms with E-state index >= 15 is 0 Å². The van der Waals surface area contributed by atoms with Gasteiger partial charge in [-0.2, -0.15) is 0 Å². The molecule has 4 nitrogen and oxygen atoms in total. The fraction of sp³-hybridized carbons (Fsp3) is 0.692. The molecular formula is C13H21FN4. The maximum Gasteiger partial charge on any atom is 0.186 e. The second-order valence-electron chi connectivity index (χ2n) is 4.80. The van der Waals surface area contributed by atoms with Crippen LogP contribution in [-0.2, 0) is 0 Å². The highest BCUT2D eigenvalue weighted by Gasteiger charge is 2.10. The molecule has 2 rings (SSSR count). The van der Waals surface area contributed by atoms with E-state index in [1.54, 1.807) is 6.92 Å². The molecule has 1 aliphatic heterocycles. The summed E-state index contributed by atoms with van der Waals surface area (Å²) in [6.07, 6.45) is 6.63. The standard InChI is InChI=1S/C13H21FN4/c1-11-12(14)13(17-10-16-11)15-6-9-18-7-4-2-3-5-8-18/h10H,2-9H2,1H3,(H,15,16,17). The molecular weight excluding hydrogens is 231 g/mol. The lowest BCUT2D eigenvalue weighted by atomic mass is 10.2. The highest BCUT2D eigenvalue weighted by atomic mass is 19.1. The SMILES string of the molecule is Cc1ncnc(NCCN2CCCCCC2)c1F. The van der Waals surface area contributed by atoms with Crippen molar-refractivity contribution in [3.8, 4) is 0 Å². The molecule has 1 saturated heterocycles. The molecule has 0 unspecified atom stereocenters. The monoisotopic (exact) mass is 252 g/mol. The number of hydrogen-bond donors (Lipinski definition) is 1. The van der Waals surface area contributed by atoms with Gasteiger partial charge in [0, 0.05) is 13.1 Å². The Kier molecular flexibility index (Phi) is 4.87. The van der Waals surface area contributed by atoms with E-state index in [2.05, 4.69) is 20.2 Å². The number of aromatic nitrogens is 2. The molecule has 1 aromatic rings. The zero-order valence-electron chi connectivity index (χ0n) is 11.0. The Morgan fingerprint density at radius 2 is 1.94 bits per heavy atom. The maximum atomic E-state index is 13.6. The first-order valence-corrected chi connectivity index (χ1v) is 6.70. The third kappa shape index (κ3) is 3.63. The lowest BCUT2D eigenvalue weighted by Gasteiger charge is -2.19. The van der Waals surface area contributed by atoms with E-state index in [0.717, 1.165) is 26.2 Å². The van der Waals surface area contributed by atoms with E-state index < -0.39 is 0 Å². The molecule has 1 N–H and O–H groups in total. The molecule has 100 valence electrons. The first kappa shape index (κ1) is 13.2. The highest BCUT2D eigenvalue weighted by Crippen LogP contribution is 2.12. The van der Waals surface area contributed by atoms with Crippen molar-refractivity contribution in [2.45, 2.75) is 32.6 Å². The topological polar surface area (TPSA) is 41.1 Å². The summed E-state index contributed by atoms with van der Waals surface area (Å²) in [4.78, 5) is 10.2. The zero-order chi connectivity index (χ0) is 12.8. The van der Waals surface area contributed by atoms with Crippen molar-refractivity contribution < 1.29 is 4.39 Å². The van der Waals surface area contributed by atoms with Gasteiger partial charge in [0.2, 0.25) is 0 Å². The molecule has 5 heteroatoms. The molecule has 1 aliphatic rings. The Balaban J connectivity index is 1.79. The smallest absolute Gasteiger partial charge is 0.186 e. The van der Waals surface area contributed by atoms with Crippen molar-refractivity contribution in [1.82, 2.24) is 14.9 Å². The summed E-state index contributed by atoms with van der Waals surface area (Å²) in [6.45, 7) is 5.65. The van der Waals surface area contributed by atoms with Gasteiger partial charge in [-0.05, 0) is 32.9 Å². The van der Waals surface area contributed by atoms with Gasteiger partial charge < -0.3 is 10.2 Å². The lowest BCUT2D eigenvalue weighted by molar-refractivity contribution is 0.296. The summed E-state index contributed by atoms with van der Waals surface area (Å²) in [5.41, 5.74) is 0.391. The Morgan fingerprint density at radius 3 is 2.67 bits per heavy atom. The number of hydrogen-bond acceptors (Lipinski definition) is 4. The van der Waals surface area contributed by atoms with Crippen LogP contribution in [-0.4, -0.2) is 41.0 Å². The third-order valence-corrected chi connectivity index (χ3v) is 3.38. The molecule has 0 bridgehead atoms. The second-order valence-corrected chi connectivity index (χ2v) is 4.80. The van der Waals surface area contributed by atoms with Crippen LogP contribution in [0.5, 0.6) is 0 Å². The van der Waals surface area contributed by atoms with Crippen molar-refractivity contribution in [2.75, 3.05) is 31.5 Å². The summed E-state index contributed by atoms with van der Waals surface area (Å²) < 4.78 is 13.6. The predicted molar refractivity (Wildman–Crippen MR) is 70.1 cm³/mol. The fourth-order valence-electron chi connectivity index (χ4n) is 2.27. The third-order valence-electron chi connectivity index (χ3n) is 3.38. The van der Waals surface area contributed by atoms with Crippen LogP contribution in [0.25, 0.3) is 0 Å². The highest BCUT2D eigenvalue weighted by molar-refractivity contribution is 5.36. The normalized spacial score (nSPS) is 17.4. The first-order valence-electron chi connectivity index (χ1n) is 6.70.